The molecule has 1 aliphatic heterocycles. The van der Waals surface area contributed by atoms with E-state index >= 15 is 0 Å². The number of pyridine rings is 1. The van der Waals surface area contributed by atoms with E-state index in [2.05, 4.69) is 45.5 Å². The molecule has 0 atom stereocenters. The smallest absolute Gasteiger partial charge is 0.161 e. The minimum absolute atomic E-state index is 0.440. The molecule has 3 aromatic carbocycles. The van der Waals surface area contributed by atoms with Crippen molar-refractivity contribution < 1.29 is 9.47 Å². The van der Waals surface area contributed by atoms with E-state index < -0.39 is 0 Å². The van der Waals surface area contributed by atoms with Crippen molar-refractivity contribution in [1.29, 1.82) is 0 Å². The number of hydrogen-bond acceptors (Lipinski definition) is 5. The molecular formula is C30H32ClN3O2. The maximum Gasteiger partial charge on any atom is 0.161 e. The van der Waals surface area contributed by atoms with Crippen molar-refractivity contribution >= 4 is 28.2 Å². The number of halogens is 1. The van der Waals surface area contributed by atoms with Crippen LogP contribution in [0.25, 0.3) is 10.9 Å². The molecule has 1 aromatic heterocycles. The first-order valence-electron chi connectivity index (χ1n) is 12.6. The van der Waals surface area contributed by atoms with Crippen molar-refractivity contribution in [3.63, 3.8) is 0 Å². The lowest BCUT2D eigenvalue weighted by Crippen LogP contribution is -2.38. The molecule has 2 heterocycles. The van der Waals surface area contributed by atoms with Crippen LogP contribution in [0.4, 0.5) is 5.69 Å². The lowest BCUT2D eigenvalue weighted by Gasteiger charge is -2.33. The van der Waals surface area contributed by atoms with Gasteiger partial charge in [-0.15, -0.1) is 0 Å². The molecule has 36 heavy (non-hydrogen) atoms. The van der Waals surface area contributed by atoms with Gasteiger partial charge in [-0.25, -0.2) is 0 Å². The van der Waals surface area contributed by atoms with Crippen LogP contribution in [0.3, 0.4) is 0 Å². The number of nitrogens with one attached hydrogen (secondary N) is 1. The van der Waals surface area contributed by atoms with E-state index in [0.29, 0.717) is 24.3 Å². The van der Waals surface area contributed by atoms with Crippen LogP contribution in [-0.2, 0) is 13.2 Å². The van der Waals surface area contributed by atoms with Crippen molar-refractivity contribution in [3.8, 4) is 11.5 Å². The fraction of sp³-hybridized carbons (Fsp3) is 0.300. The number of rotatable bonds is 9. The van der Waals surface area contributed by atoms with E-state index in [-0.39, 0.29) is 0 Å². The van der Waals surface area contributed by atoms with E-state index in [9.17, 15) is 0 Å². The van der Waals surface area contributed by atoms with E-state index in [1.54, 1.807) is 0 Å². The number of nitrogens with zero attached hydrogens (tertiary/aromatic N) is 2. The molecule has 0 spiro atoms. The molecule has 0 unspecified atom stereocenters. The highest BCUT2D eigenvalue weighted by molar-refractivity contribution is 6.31. The number of anilines is 1. The van der Waals surface area contributed by atoms with Crippen molar-refractivity contribution in [3.05, 3.63) is 95.1 Å². The molecule has 0 saturated carbocycles. The molecule has 0 amide bonds. The minimum Gasteiger partial charge on any atom is -0.490 e. The van der Waals surface area contributed by atoms with Crippen LogP contribution in [0.1, 0.15) is 30.9 Å². The highest BCUT2D eigenvalue weighted by atomic mass is 35.5. The Kier molecular flexibility index (Phi) is 7.89. The first-order chi connectivity index (χ1) is 17.7. The molecule has 1 saturated heterocycles. The van der Waals surface area contributed by atoms with Gasteiger partial charge in [0.05, 0.1) is 12.1 Å². The van der Waals surface area contributed by atoms with Crippen LogP contribution < -0.4 is 14.8 Å². The molecule has 1 aliphatic rings. The number of ether oxygens (including phenoxy) is 2. The second kappa shape index (κ2) is 11.6. The second-order valence-corrected chi connectivity index (χ2v) is 9.64. The number of benzene rings is 3. The monoisotopic (exact) mass is 501 g/mol. The Morgan fingerprint density at radius 1 is 0.917 bits per heavy atom. The van der Waals surface area contributed by atoms with Gasteiger partial charge >= 0.3 is 0 Å². The summed E-state index contributed by atoms with van der Waals surface area (Å²) < 4.78 is 12.0. The van der Waals surface area contributed by atoms with E-state index in [1.165, 1.54) is 5.56 Å². The second-order valence-electron chi connectivity index (χ2n) is 9.20. The number of piperidine rings is 1. The van der Waals surface area contributed by atoms with Crippen LogP contribution in [0.5, 0.6) is 11.5 Å². The van der Waals surface area contributed by atoms with Gasteiger partial charge in [0.1, 0.15) is 6.61 Å². The van der Waals surface area contributed by atoms with Crippen molar-refractivity contribution in [2.75, 3.05) is 25.0 Å². The zero-order valence-corrected chi connectivity index (χ0v) is 21.4. The number of hydrogen-bond donors (Lipinski definition) is 1. The molecule has 4 aromatic rings. The summed E-state index contributed by atoms with van der Waals surface area (Å²) in [7, 11) is 0. The Bertz CT molecular complexity index is 1290. The quantitative estimate of drug-likeness (QED) is 0.269. The lowest BCUT2D eigenvalue weighted by molar-refractivity contribution is 0.210. The summed E-state index contributed by atoms with van der Waals surface area (Å²) in [6, 6.07) is 24.9. The summed E-state index contributed by atoms with van der Waals surface area (Å²) in [6.45, 7) is 6.14. The SMILES string of the molecule is CCOc1cc(CN2CCC(Nc3ccnc4cc(Cl)ccc34)CC2)ccc1OCc1ccccc1. The zero-order chi connectivity index (χ0) is 24.7. The van der Waals surface area contributed by atoms with Gasteiger partial charge in [0.2, 0.25) is 0 Å². The van der Waals surface area contributed by atoms with E-state index in [4.69, 9.17) is 21.1 Å². The summed E-state index contributed by atoms with van der Waals surface area (Å²) in [4.78, 5) is 6.97. The normalized spacial score (nSPS) is 14.6. The van der Waals surface area contributed by atoms with Crippen LogP contribution in [0, 0.1) is 0 Å². The fourth-order valence-corrected chi connectivity index (χ4v) is 4.90. The molecule has 6 heteroatoms. The van der Waals surface area contributed by atoms with Gasteiger partial charge in [-0.2, -0.15) is 0 Å². The first kappa shape index (κ1) is 24.4. The van der Waals surface area contributed by atoms with Crippen molar-refractivity contribution in [2.45, 2.75) is 39.0 Å². The first-order valence-corrected chi connectivity index (χ1v) is 13.0. The molecular weight excluding hydrogens is 470 g/mol. The summed E-state index contributed by atoms with van der Waals surface area (Å²) in [5, 5.41) is 5.57. The lowest BCUT2D eigenvalue weighted by atomic mass is 10.0. The Labute approximate surface area is 218 Å². The van der Waals surface area contributed by atoms with Gasteiger partial charge in [-0.05, 0) is 67.3 Å². The van der Waals surface area contributed by atoms with Crippen LogP contribution in [-0.4, -0.2) is 35.6 Å². The maximum absolute atomic E-state index is 6.14. The average Bonchev–Trinajstić information content (AvgIpc) is 2.90. The van der Waals surface area contributed by atoms with Gasteiger partial charge in [0, 0.05) is 48.0 Å². The fourth-order valence-electron chi connectivity index (χ4n) is 4.73. The Balaban J connectivity index is 1.17. The topological polar surface area (TPSA) is 46.6 Å². The zero-order valence-electron chi connectivity index (χ0n) is 20.6. The molecule has 186 valence electrons. The van der Waals surface area contributed by atoms with Gasteiger partial charge in [0.15, 0.2) is 11.5 Å². The summed E-state index contributed by atoms with van der Waals surface area (Å²) in [6.07, 6.45) is 4.03. The molecule has 5 rings (SSSR count). The summed E-state index contributed by atoms with van der Waals surface area (Å²) in [5.41, 5.74) is 4.44. The number of fused-ring (bicyclic) bond motifs is 1. The van der Waals surface area contributed by atoms with Gasteiger partial charge in [-0.1, -0.05) is 48.0 Å². The third-order valence-corrected chi connectivity index (χ3v) is 6.84. The van der Waals surface area contributed by atoms with E-state index in [0.717, 1.165) is 66.1 Å². The predicted molar refractivity (Wildman–Crippen MR) is 147 cm³/mol. The highest BCUT2D eigenvalue weighted by Gasteiger charge is 2.20. The summed E-state index contributed by atoms with van der Waals surface area (Å²) in [5.74, 6) is 1.60. The molecule has 0 radical (unpaired) electrons. The molecule has 1 N–H and O–H groups in total. The van der Waals surface area contributed by atoms with E-state index in [1.807, 2.05) is 55.6 Å². The van der Waals surface area contributed by atoms with Gasteiger partial charge < -0.3 is 14.8 Å². The molecule has 0 bridgehead atoms. The molecule has 5 nitrogen and oxygen atoms in total. The third kappa shape index (κ3) is 6.10. The molecule has 0 aliphatic carbocycles. The Hall–Kier alpha value is -3.28. The number of aromatic nitrogens is 1. The predicted octanol–water partition coefficient (Wildman–Crippen LogP) is 6.94. The average molecular weight is 502 g/mol. The Morgan fingerprint density at radius 3 is 2.56 bits per heavy atom. The van der Waals surface area contributed by atoms with Crippen LogP contribution in [0.15, 0.2) is 79.0 Å². The standard InChI is InChI=1S/C30H32ClN3O2/c1-2-35-30-18-23(8-11-29(30)36-21-22-6-4-3-5-7-22)20-34-16-13-25(14-17-34)33-27-12-15-32-28-19-24(31)9-10-26(27)28/h3-12,15,18-19,25H,2,13-14,16-17,20-21H2,1H3,(H,32,33). The third-order valence-electron chi connectivity index (χ3n) is 6.60. The van der Waals surface area contributed by atoms with Crippen LogP contribution in [0.2, 0.25) is 5.02 Å². The maximum atomic E-state index is 6.14. The largest absolute Gasteiger partial charge is 0.490 e. The highest BCUT2D eigenvalue weighted by Crippen LogP contribution is 2.31. The number of likely N-dealkylation sites (tertiary alicyclic amines) is 1. The molecule has 1 fully saturated rings. The van der Waals surface area contributed by atoms with Gasteiger partial charge in [0.25, 0.3) is 0 Å². The van der Waals surface area contributed by atoms with Crippen LogP contribution >= 0.6 is 11.6 Å². The van der Waals surface area contributed by atoms with Crippen molar-refractivity contribution in [1.82, 2.24) is 9.88 Å². The van der Waals surface area contributed by atoms with Crippen molar-refractivity contribution in [2.24, 2.45) is 0 Å². The minimum atomic E-state index is 0.440. The Morgan fingerprint density at radius 2 is 1.75 bits per heavy atom. The van der Waals surface area contributed by atoms with Gasteiger partial charge in [-0.3, -0.25) is 9.88 Å². The summed E-state index contributed by atoms with van der Waals surface area (Å²) >= 11 is 6.14.